The molecule has 0 spiro atoms. The molecule has 0 aromatic rings. The monoisotopic (exact) mass is 223 g/mol. The lowest BCUT2D eigenvalue weighted by Gasteiger charge is -2.36. The number of hydrogen-bond donors (Lipinski definition) is 1. The Morgan fingerprint density at radius 3 is 2.44 bits per heavy atom. The van der Waals surface area contributed by atoms with Crippen molar-refractivity contribution in [1.82, 2.24) is 5.32 Å². The lowest BCUT2D eigenvalue weighted by atomic mass is 9.73. The zero-order valence-electron chi connectivity index (χ0n) is 11.4. The molecule has 0 radical (unpaired) electrons. The van der Waals surface area contributed by atoms with Gasteiger partial charge in [0.25, 0.3) is 0 Å². The Kier molecular flexibility index (Phi) is 5.37. The Hall–Kier alpha value is -0.460. The van der Waals surface area contributed by atoms with Gasteiger partial charge in [-0.3, -0.25) is 0 Å². The van der Waals surface area contributed by atoms with E-state index in [0.29, 0.717) is 5.41 Å². The third kappa shape index (κ3) is 4.19. The third-order valence-corrected chi connectivity index (χ3v) is 3.98. The maximum absolute atomic E-state index is 4.26. The normalized spacial score (nSPS) is 19.8. The van der Waals surface area contributed by atoms with Crippen LogP contribution >= 0.6 is 0 Å². The first-order valence-electron chi connectivity index (χ1n) is 6.98. The van der Waals surface area contributed by atoms with Gasteiger partial charge in [0.1, 0.15) is 0 Å². The Morgan fingerprint density at radius 1 is 1.25 bits per heavy atom. The summed E-state index contributed by atoms with van der Waals surface area (Å²) >= 11 is 0. The van der Waals surface area contributed by atoms with Gasteiger partial charge >= 0.3 is 0 Å². The summed E-state index contributed by atoms with van der Waals surface area (Å²) in [7, 11) is 0. The lowest BCUT2D eigenvalue weighted by Crippen LogP contribution is -2.31. The second-order valence-electron chi connectivity index (χ2n) is 6.06. The SMILES string of the molecule is C=C(NCCCC(C)C)C1(C)CCCCC1. The van der Waals surface area contributed by atoms with E-state index in [1.54, 1.807) is 0 Å². The molecule has 1 nitrogen and oxygen atoms in total. The van der Waals surface area contributed by atoms with Crippen molar-refractivity contribution in [3.05, 3.63) is 12.3 Å². The second-order valence-corrected chi connectivity index (χ2v) is 6.06. The van der Waals surface area contributed by atoms with Crippen LogP contribution in [0.25, 0.3) is 0 Å². The number of allylic oxidation sites excluding steroid dienone is 1. The molecule has 16 heavy (non-hydrogen) atoms. The molecule has 0 saturated heterocycles. The molecule has 0 aromatic heterocycles. The summed E-state index contributed by atoms with van der Waals surface area (Å²) < 4.78 is 0. The quantitative estimate of drug-likeness (QED) is 0.654. The molecule has 1 N–H and O–H groups in total. The van der Waals surface area contributed by atoms with Crippen LogP contribution in [-0.2, 0) is 0 Å². The molecule has 1 aliphatic rings. The molecule has 0 bridgehead atoms. The highest BCUT2D eigenvalue weighted by atomic mass is 14.9. The molecule has 1 fully saturated rings. The number of hydrogen-bond acceptors (Lipinski definition) is 1. The Bertz CT molecular complexity index is 211. The van der Waals surface area contributed by atoms with Gasteiger partial charge in [0.05, 0.1) is 0 Å². The lowest BCUT2D eigenvalue weighted by molar-refractivity contribution is 0.253. The van der Waals surface area contributed by atoms with E-state index in [4.69, 9.17) is 0 Å². The van der Waals surface area contributed by atoms with Crippen LogP contribution in [0.5, 0.6) is 0 Å². The van der Waals surface area contributed by atoms with Crippen molar-refractivity contribution in [2.24, 2.45) is 11.3 Å². The third-order valence-electron chi connectivity index (χ3n) is 3.98. The van der Waals surface area contributed by atoms with Gasteiger partial charge < -0.3 is 5.32 Å². The van der Waals surface area contributed by atoms with Gasteiger partial charge in [-0.2, -0.15) is 0 Å². The molecule has 1 saturated carbocycles. The van der Waals surface area contributed by atoms with Gasteiger partial charge in [-0.15, -0.1) is 0 Å². The minimum absolute atomic E-state index is 0.371. The zero-order valence-corrected chi connectivity index (χ0v) is 11.4. The maximum Gasteiger partial charge on any atom is 0.0144 e. The van der Waals surface area contributed by atoms with Crippen LogP contribution in [0, 0.1) is 11.3 Å². The van der Waals surface area contributed by atoms with Crippen LogP contribution in [0.1, 0.15) is 65.7 Å². The van der Waals surface area contributed by atoms with Crippen LogP contribution in [0.3, 0.4) is 0 Å². The number of nitrogens with one attached hydrogen (secondary N) is 1. The molecule has 0 aliphatic heterocycles. The largest absolute Gasteiger partial charge is 0.388 e. The Balaban J connectivity index is 2.23. The molecule has 1 aliphatic carbocycles. The average Bonchev–Trinajstić information content (AvgIpc) is 2.25. The van der Waals surface area contributed by atoms with Crippen LogP contribution in [0.4, 0.5) is 0 Å². The predicted octanol–water partition coefficient (Wildman–Crippen LogP) is 4.50. The van der Waals surface area contributed by atoms with E-state index in [9.17, 15) is 0 Å². The van der Waals surface area contributed by atoms with Gasteiger partial charge in [0.15, 0.2) is 0 Å². The summed E-state index contributed by atoms with van der Waals surface area (Å²) in [5.74, 6) is 0.820. The van der Waals surface area contributed by atoms with E-state index >= 15 is 0 Å². The molecular formula is C15H29N. The van der Waals surface area contributed by atoms with Gasteiger partial charge in [-0.25, -0.2) is 0 Å². The Labute approximate surface area is 102 Å². The highest BCUT2D eigenvalue weighted by Crippen LogP contribution is 2.40. The molecule has 1 rings (SSSR count). The minimum Gasteiger partial charge on any atom is -0.388 e. The molecule has 0 aromatic carbocycles. The van der Waals surface area contributed by atoms with E-state index in [2.05, 4.69) is 32.7 Å². The molecule has 0 amide bonds. The highest BCUT2D eigenvalue weighted by Gasteiger charge is 2.29. The van der Waals surface area contributed by atoms with Gasteiger partial charge in [0.2, 0.25) is 0 Å². The van der Waals surface area contributed by atoms with Crippen molar-refractivity contribution in [1.29, 1.82) is 0 Å². The fourth-order valence-electron chi connectivity index (χ4n) is 2.60. The van der Waals surface area contributed by atoms with Crippen LogP contribution in [0.2, 0.25) is 0 Å². The summed E-state index contributed by atoms with van der Waals surface area (Å²) in [6, 6.07) is 0. The first-order chi connectivity index (χ1) is 7.54. The zero-order chi connectivity index (χ0) is 12.0. The van der Waals surface area contributed by atoms with E-state index in [1.807, 2.05) is 0 Å². The predicted molar refractivity (Wildman–Crippen MR) is 72.4 cm³/mol. The smallest absolute Gasteiger partial charge is 0.0144 e. The molecule has 94 valence electrons. The molecule has 0 unspecified atom stereocenters. The van der Waals surface area contributed by atoms with Crippen molar-refractivity contribution >= 4 is 0 Å². The van der Waals surface area contributed by atoms with Gasteiger partial charge in [-0.05, 0) is 31.6 Å². The molecular weight excluding hydrogens is 194 g/mol. The van der Waals surface area contributed by atoms with Crippen molar-refractivity contribution < 1.29 is 0 Å². The first kappa shape index (κ1) is 13.6. The van der Waals surface area contributed by atoms with E-state index in [-0.39, 0.29) is 0 Å². The number of rotatable bonds is 6. The van der Waals surface area contributed by atoms with Crippen molar-refractivity contribution in [3.63, 3.8) is 0 Å². The van der Waals surface area contributed by atoms with Crippen LogP contribution < -0.4 is 5.32 Å². The van der Waals surface area contributed by atoms with E-state index in [1.165, 1.54) is 50.6 Å². The molecule has 1 heteroatoms. The van der Waals surface area contributed by atoms with Crippen molar-refractivity contribution in [3.8, 4) is 0 Å². The van der Waals surface area contributed by atoms with Crippen molar-refractivity contribution in [2.75, 3.05) is 6.54 Å². The highest BCUT2D eigenvalue weighted by molar-refractivity contribution is 5.07. The Morgan fingerprint density at radius 2 is 1.88 bits per heavy atom. The second kappa shape index (κ2) is 6.32. The molecule has 0 heterocycles. The standard InChI is InChI=1S/C15H29N/c1-13(2)9-8-12-16-14(3)15(4)10-6-5-7-11-15/h13,16H,3,5-12H2,1-2,4H3. The maximum atomic E-state index is 4.26. The fourth-order valence-corrected chi connectivity index (χ4v) is 2.60. The van der Waals surface area contributed by atoms with Gasteiger partial charge in [-0.1, -0.05) is 46.6 Å². The van der Waals surface area contributed by atoms with Crippen LogP contribution in [0.15, 0.2) is 12.3 Å². The summed E-state index contributed by atoms with van der Waals surface area (Å²) in [5, 5.41) is 3.55. The summed E-state index contributed by atoms with van der Waals surface area (Å²) in [6.07, 6.45) is 9.40. The topological polar surface area (TPSA) is 12.0 Å². The van der Waals surface area contributed by atoms with Crippen LogP contribution in [-0.4, -0.2) is 6.54 Å². The average molecular weight is 223 g/mol. The van der Waals surface area contributed by atoms with E-state index < -0.39 is 0 Å². The van der Waals surface area contributed by atoms with Crippen molar-refractivity contribution in [2.45, 2.75) is 65.7 Å². The van der Waals surface area contributed by atoms with E-state index in [0.717, 1.165) is 12.5 Å². The first-order valence-corrected chi connectivity index (χ1v) is 6.98. The minimum atomic E-state index is 0.371. The molecule has 0 atom stereocenters. The summed E-state index contributed by atoms with van der Waals surface area (Å²) in [4.78, 5) is 0. The van der Waals surface area contributed by atoms with Gasteiger partial charge in [0, 0.05) is 17.7 Å². The fraction of sp³-hybridized carbons (Fsp3) is 0.867. The summed E-state index contributed by atoms with van der Waals surface area (Å²) in [5.41, 5.74) is 1.66. The summed E-state index contributed by atoms with van der Waals surface area (Å²) in [6.45, 7) is 12.3.